The molecule has 0 saturated carbocycles. The summed E-state index contributed by atoms with van der Waals surface area (Å²) >= 11 is 0. The van der Waals surface area contributed by atoms with E-state index in [1.165, 1.54) is 0 Å². The predicted octanol–water partition coefficient (Wildman–Crippen LogP) is 1.22. The van der Waals surface area contributed by atoms with Gasteiger partial charge in [0.2, 0.25) is 5.91 Å². The molecule has 0 saturated heterocycles. The molecule has 17 heavy (non-hydrogen) atoms. The lowest BCUT2D eigenvalue weighted by molar-refractivity contribution is -0.124. The molecule has 4 nitrogen and oxygen atoms in total. The Bertz CT molecular complexity index is 233. The lowest BCUT2D eigenvalue weighted by Gasteiger charge is -2.26. The highest BCUT2D eigenvalue weighted by molar-refractivity contribution is 5.81. The largest absolute Gasteiger partial charge is 0.350 e. The van der Waals surface area contributed by atoms with Gasteiger partial charge in [-0.3, -0.25) is 4.79 Å². The SMILES string of the molecule is CC(CCN(C)C)NC(C)C(=O)NC(C)(C)C. The van der Waals surface area contributed by atoms with E-state index in [0.29, 0.717) is 6.04 Å². The minimum absolute atomic E-state index is 0.0641. The van der Waals surface area contributed by atoms with Crippen LogP contribution >= 0.6 is 0 Å². The summed E-state index contributed by atoms with van der Waals surface area (Å²) in [6, 6.07) is 0.199. The van der Waals surface area contributed by atoms with E-state index in [4.69, 9.17) is 0 Å². The van der Waals surface area contributed by atoms with Crippen LogP contribution in [-0.4, -0.2) is 49.1 Å². The van der Waals surface area contributed by atoms with Crippen molar-refractivity contribution in [3.63, 3.8) is 0 Å². The molecule has 2 N–H and O–H groups in total. The van der Waals surface area contributed by atoms with Crippen molar-refractivity contribution in [1.29, 1.82) is 0 Å². The van der Waals surface area contributed by atoms with Crippen molar-refractivity contribution in [3.8, 4) is 0 Å². The molecule has 0 heterocycles. The van der Waals surface area contributed by atoms with Gasteiger partial charge in [-0.05, 0) is 61.7 Å². The minimum Gasteiger partial charge on any atom is -0.350 e. The van der Waals surface area contributed by atoms with Crippen LogP contribution in [0.2, 0.25) is 0 Å². The van der Waals surface area contributed by atoms with Crippen LogP contribution in [-0.2, 0) is 4.79 Å². The average molecular weight is 243 g/mol. The van der Waals surface area contributed by atoms with Gasteiger partial charge >= 0.3 is 0 Å². The van der Waals surface area contributed by atoms with Crippen LogP contribution in [0.3, 0.4) is 0 Å². The summed E-state index contributed by atoms with van der Waals surface area (Å²) < 4.78 is 0. The van der Waals surface area contributed by atoms with Gasteiger partial charge in [0, 0.05) is 11.6 Å². The number of hydrogen-bond acceptors (Lipinski definition) is 3. The zero-order valence-corrected chi connectivity index (χ0v) is 12.4. The highest BCUT2D eigenvalue weighted by Crippen LogP contribution is 2.01. The molecule has 0 aromatic carbocycles. The highest BCUT2D eigenvalue weighted by atomic mass is 16.2. The molecule has 0 bridgehead atoms. The van der Waals surface area contributed by atoms with Gasteiger partial charge < -0.3 is 15.5 Å². The Morgan fingerprint density at radius 2 is 1.76 bits per heavy atom. The summed E-state index contributed by atoms with van der Waals surface area (Å²) in [7, 11) is 4.12. The minimum atomic E-state index is -0.167. The molecule has 2 atom stereocenters. The summed E-state index contributed by atoms with van der Waals surface area (Å²) in [5.41, 5.74) is -0.167. The van der Waals surface area contributed by atoms with Crippen molar-refractivity contribution in [2.75, 3.05) is 20.6 Å². The number of nitrogens with zero attached hydrogens (tertiary/aromatic N) is 1. The maximum Gasteiger partial charge on any atom is 0.237 e. The second kappa shape index (κ2) is 6.97. The van der Waals surface area contributed by atoms with Gasteiger partial charge in [-0.25, -0.2) is 0 Å². The van der Waals surface area contributed by atoms with E-state index in [0.717, 1.165) is 13.0 Å². The summed E-state index contributed by atoms with van der Waals surface area (Å²) in [6.07, 6.45) is 1.04. The lowest BCUT2D eigenvalue weighted by atomic mass is 10.1. The molecule has 0 aromatic heterocycles. The topological polar surface area (TPSA) is 44.4 Å². The predicted molar refractivity (Wildman–Crippen MR) is 73.1 cm³/mol. The Morgan fingerprint density at radius 1 is 1.24 bits per heavy atom. The second-order valence-electron chi connectivity index (χ2n) is 6.12. The maximum absolute atomic E-state index is 11.8. The Hall–Kier alpha value is -0.610. The molecule has 0 fully saturated rings. The van der Waals surface area contributed by atoms with Gasteiger partial charge in [-0.2, -0.15) is 0 Å². The van der Waals surface area contributed by atoms with Crippen molar-refractivity contribution in [1.82, 2.24) is 15.5 Å². The number of carbonyl (C=O) groups excluding carboxylic acids is 1. The molecular weight excluding hydrogens is 214 g/mol. The zero-order valence-electron chi connectivity index (χ0n) is 12.4. The molecule has 0 aromatic rings. The summed E-state index contributed by atoms with van der Waals surface area (Å²) in [5, 5.41) is 6.30. The van der Waals surface area contributed by atoms with Crippen molar-refractivity contribution >= 4 is 5.91 Å². The Labute approximate surface area is 106 Å². The monoisotopic (exact) mass is 243 g/mol. The molecule has 4 heteroatoms. The molecule has 0 aliphatic rings. The van der Waals surface area contributed by atoms with Crippen LogP contribution in [0.25, 0.3) is 0 Å². The quantitative estimate of drug-likeness (QED) is 0.737. The van der Waals surface area contributed by atoms with Gasteiger partial charge in [0.05, 0.1) is 6.04 Å². The van der Waals surface area contributed by atoms with E-state index < -0.39 is 0 Å². The number of nitrogens with one attached hydrogen (secondary N) is 2. The van der Waals surface area contributed by atoms with Gasteiger partial charge in [-0.15, -0.1) is 0 Å². The summed E-state index contributed by atoms with van der Waals surface area (Å²) in [6.45, 7) is 11.0. The Balaban J connectivity index is 3.99. The third kappa shape index (κ3) is 9.12. The van der Waals surface area contributed by atoms with Gasteiger partial charge in [0.1, 0.15) is 0 Å². The average Bonchev–Trinajstić information content (AvgIpc) is 2.11. The zero-order chi connectivity index (χ0) is 13.6. The van der Waals surface area contributed by atoms with Crippen molar-refractivity contribution < 1.29 is 4.79 Å². The fraction of sp³-hybridized carbons (Fsp3) is 0.923. The maximum atomic E-state index is 11.8. The molecule has 0 radical (unpaired) electrons. The van der Waals surface area contributed by atoms with Crippen LogP contribution < -0.4 is 10.6 Å². The smallest absolute Gasteiger partial charge is 0.237 e. The van der Waals surface area contributed by atoms with E-state index in [1.807, 2.05) is 27.7 Å². The molecule has 0 aliphatic carbocycles. The first-order valence-corrected chi connectivity index (χ1v) is 6.34. The third-order valence-electron chi connectivity index (χ3n) is 2.44. The van der Waals surface area contributed by atoms with Gasteiger partial charge in [0.25, 0.3) is 0 Å². The Kier molecular flexibility index (Phi) is 6.72. The van der Waals surface area contributed by atoms with Crippen molar-refractivity contribution in [3.05, 3.63) is 0 Å². The molecule has 1 amide bonds. The third-order valence-corrected chi connectivity index (χ3v) is 2.44. The number of hydrogen-bond donors (Lipinski definition) is 2. The Morgan fingerprint density at radius 3 is 2.18 bits per heavy atom. The number of rotatable bonds is 6. The van der Waals surface area contributed by atoms with Crippen LogP contribution in [0.4, 0.5) is 0 Å². The first-order chi connectivity index (χ1) is 7.61. The molecule has 0 rings (SSSR count). The van der Waals surface area contributed by atoms with Crippen LogP contribution in [0, 0.1) is 0 Å². The van der Waals surface area contributed by atoms with Gasteiger partial charge in [0.15, 0.2) is 0 Å². The summed E-state index contributed by atoms with van der Waals surface area (Å²) in [5.74, 6) is 0.0641. The molecule has 0 aliphatic heterocycles. The van der Waals surface area contributed by atoms with E-state index in [-0.39, 0.29) is 17.5 Å². The molecule has 0 spiro atoms. The second-order valence-corrected chi connectivity index (χ2v) is 6.12. The number of carbonyl (C=O) groups is 1. The van der Waals surface area contributed by atoms with Gasteiger partial charge in [-0.1, -0.05) is 0 Å². The lowest BCUT2D eigenvalue weighted by Crippen LogP contribution is -2.51. The van der Waals surface area contributed by atoms with E-state index in [2.05, 4.69) is 36.6 Å². The fourth-order valence-corrected chi connectivity index (χ4v) is 1.52. The standard InChI is InChI=1S/C13H29N3O/c1-10(8-9-16(6)7)14-11(2)12(17)15-13(3,4)5/h10-11,14H,8-9H2,1-7H3,(H,15,17). The molecule has 102 valence electrons. The van der Waals surface area contributed by atoms with Crippen molar-refractivity contribution in [2.45, 2.75) is 58.7 Å². The normalized spacial score (nSPS) is 15.8. The van der Waals surface area contributed by atoms with Crippen LogP contribution in [0.15, 0.2) is 0 Å². The van der Waals surface area contributed by atoms with Crippen LogP contribution in [0.1, 0.15) is 41.0 Å². The van der Waals surface area contributed by atoms with E-state index in [9.17, 15) is 4.79 Å². The fourth-order valence-electron chi connectivity index (χ4n) is 1.52. The summed E-state index contributed by atoms with van der Waals surface area (Å²) in [4.78, 5) is 14.0. The first kappa shape index (κ1) is 16.4. The first-order valence-electron chi connectivity index (χ1n) is 6.34. The number of amides is 1. The van der Waals surface area contributed by atoms with Crippen LogP contribution in [0.5, 0.6) is 0 Å². The molecular formula is C13H29N3O. The van der Waals surface area contributed by atoms with E-state index >= 15 is 0 Å². The molecule has 2 unspecified atom stereocenters. The van der Waals surface area contributed by atoms with E-state index in [1.54, 1.807) is 0 Å². The van der Waals surface area contributed by atoms with Crippen molar-refractivity contribution in [2.24, 2.45) is 0 Å². The highest BCUT2D eigenvalue weighted by Gasteiger charge is 2.20.